The number of allylic oxidation sites excluding steroid dienone is 1. The summed E-state index contributed by atoms with van der Waals surface area (Å²) in [6.45, 7) is 16.1. The van der Waals surface area contributed by atoms with Gasteiger partial charge in [0.2, 0.25) is 0 Å². The van der Waals surface area contributed by atoms with Gasteiger partial charge in [0.15, 0.2) is 0 Å². The van der Waals surface area contributed by atoms with E-state index in [9.17, 15) is 0 Å². The molecule has 1 heteroatoms. The van der Waals surface area contributed by atoms with Crippen molar-refractivity contribution in [3.63, 3.8) is 0 Å². The highest BCUT2D eigenvalue weighted by Gasteiger charge is 2.14. The molecule has 0 aliphatic rings. The standard InChI is InChI=1S/C11H23N/c1-7-9(2)8-12-10(3)11(4,5)6/h9,12H,3,7-8H2,1-2,4-6H3. The highest BCUT2D eigenvalue weighted by Crippen LogP contribution is 2.20. The van der Waals surface area contributed by atoms with Gasteiger partial charge < -0.3 is 5.32 Å². The van der Waals surface area contributed by atoms with Crippen LogP contribution in [0, 0.1) is 11.3 Å². The van der Waals surface area contributed by atoms with Gasteiger partial charge in [-0.2, -0.15) is 0 Å². The van der Waals surface area contributed by atoms with Crippen LogP contribution in [0.2, 0.25) is 0 Å². The smallest absolute Gasteiger partial charge is 0.0169 e. The van der Waals surface area contributed by atoms with E-state index in [0.717, 1.165) is 18.2 Å². The van der Waals surface area contributed by atoms with E-state index in [0.29, 0.717) is 0 Å². The highest BCUT2D eigenvalue weighted by molar-refractivity contribution is 5.02. The molecule has 72 valence electrons. The molecule has 0 bridgehead atoms. The van der Waals surface area contributed by atoms with Crippen LogP contribution in [0.3, 0.4) is 0 Å². The molecular weight excluding hydrogens is 146 g/mol. The fourth-order valence-corrected chi connectivity index (χ4v) is 0.707. The lowest BCUT2D eigenvalue weighted by molar-refractivity contribution is 0.434. The molecule has 0 saturated heterocycles. The van der Waals surface area contributed by atoms with Gasteiger partial charge in [0.05, 0.1) is 0 Å². The van der Waals surface area contributed by atoms with Crippen molar-refractivity contribution in [2.24, 2.45) is 11.3 Å². The van der Waals surface area contributed by atoms with Crippen molar-refractivity contribution in [2.45, 2.75) is 41.0 Å². The van der Waals surface area contributed by atoms with Gasteiger partial charge in [0.1, 0.15) is 0 Å². The van der Waals surface area contributed by atoms with Gasteiger partial charge >= 0.3 is 0 Å². The number of nitrogens with one attached hydrogen (secondary N) is 1. The van der Waals surface area contributed by atoms with Gasteiger partial charge in [-0.25, -0.2) is 0 Å². The van der Waals surface area contributed by atoms with Crippen LogP contribution >= 0.6 is 0 Å². The third-order valence-electron chi connectivity index (χ3n) is 2.27. The Morgan fingerprint density at radius 1 is 1.42 bits per heavy atom. The summed E-state index contributed by atoms with van der Waals surface area (Å²) >= 11 is 0. The quantitative estimate of drug-likeness (QED) is 0.681. The maximum absolute atomic E-state index is 4.02. The topological polar surface area (TPSA) is 12.0 Å². The Bertz CT molecular complexity index is 142. The first-order valence-electron chi connectivity index (χ1n) is 4.81. The minimum absolute atomic E-state index is 0.188. The summed E-state index contributed by atoms with van der Waals surface area (Å²) in [6.07, 6.45) is 1.23. The molecule has 0 rings (SSSR count). The summed E-state index contributed by atoms with van der Waals surface area (Å²) in [5.41, 5.74) is 1.33. The van der Waals surface area contributed by atoms with Gasteiger partial charge in [0.25, 0.3) is 0 Å². The average molecular weight is 169 g/mol. The molecule has 0 aliphatic heterocycles. The molecule has 0 radical (unpaired) electrons. The van der Waals surface area contributed by atoms with E-state index in [4.69, 9.17) is 0 Å². The van der Waals surface area contributed by atoms with Crippen LogP contribution in [0.15, 0.2) is 12.3 Å². The number of rotatable bonds is 4. The molecule has 0 aromatic rings. The van der Waals surface area contributed by atoms with Crippen LogP contribution in [-0.2, 0) is 0 Å². The minimum Gasteiger partial charge on any atom is -0.388 e. The molecular formula is C11H23N. The van der Waals surface area contributed by atoms with Crippen molar-refractivity contribution in [3.05, 3.63) is 12.3 Å². The summed E-state index contributed by atoms with van der Waals surface area (Å²) in [7, 11) is 0. The lowest BCUT2D eigenvalue weighted by Crippen LogP contribution is -2.27. The molecule has 1 atom stereocenters. The van der Waals surface area contributed by atoms with E-state index in [1.54, 1.807) is 0 Å². The number of hydrogen-bond acceptors (Lipinski definition) is 1. The summed E-state index contributed by atoms with van der Waals surface area (Å²) in [4.78, 5) is 0. The first-order chi connectivity index (χ1) is 5.38. The summed E-state index contributed by atoms with van der Waals surface area (Å²) < 4.78 is 0. The van der Waals surface area contributed by atoms with E-state index in [2.05, 4.69) is 46.5 Å². The third kappa shape index (κ3) is 4.42. The van der Waals surface area contributed by atoms with Gasteiger partial charge in [-0.3, -0.25) is 0 Å². The molecule has 0 amide bonds. The first-order valence-corrected chi connectivity index (χ1v) is 4.81. The van der Waals surface area contributed by atoms with Crippen molar-refractivity contribution < 1.29 is 0 Å². The highest BCUT2D eigenvalue weighted by atomic mass is 14.9. The van der Waals surface area contributed by atoms with Gasteiger partial charge in [-0.15, -0.1) is 0 Å². The first kappa shape index (κ1) is 11.5. The van der Waals surface area contributed by atoms with Gasteiger partial charge in [-0.05, 0) is 5.92 Å². The zero-order valence-corrected chi connectivity index (χ0v) is 9.20. The summed E-state index contributed by atoms with van der Waals surface area (Å²) in [6, 6.07) is 0. The predicted molar refractivity (Wildman–Crippen MR) is 56.1 cm³/mol. The second-order valence-electron chi connectivity index (χ2n) is 4.62. The fraction of sp³-hybridized carbons (Fsp3) is 0.818. The van der Waals surface area contributed by atoms with E-state index in [-0.39, 0.29) is 5.41 Å². The maximum atomic E-state index is 4.02. The van der Waals surface area contributed by atoms with Crippen molar-refractivity contribution in [2.75, 3.05) is 6.54 Å². The third-order valence-corrected chi connectivity index (χ3v) is 2.27. The SMILES string of the molecule is C=C(NCC(C)CC)C(C)(C)C. The molecule has 12 heavy (non-hydrogen) atoms. The van der Waals surface area contributed by atoms with E-state index in [1.807, 2.05) is 0 Å². The summed E-state index contributed by atoms with van der Waals surface area (Å²) in [5, 5.41) is 3.38. The Kier molecular flexibility index (Phi) is 4.36. The van der Waals surface area contributed by atoms with Crippen LogP contribution in [0.1, 0.15) is 41.0 Å². The lowest BCUT2D eigenvalue weighted by atomic mass is 9.92. The zero-order chi connectivity index (χ0) is 9.78. The van der Waals surface area contributed by atoms with E-state index in [1.165, 1.54) is 6.42 Å². The van der Waals surface area contributed by atoms with Crippen LogP contribution in [0.25, 0.3) is 0 Å². The van der Waals surface area contributed by atoms with E-state index < -0.39 is 0 Å². The Hall–Kier alpha value is -0.460. The molecule has 1 nitrogen and oxygen atoms in total. The maximum Gasteiger partial charge on any atom is 0.0169 e. The van der Waals surface area contributed by atoms with Crippen LogP contribution in [0.4, 0.5) is 0 Å². The largest absolute Gasteiger partial charge is 0.388 e. The van der Waals surface area contributed by atoms with E-state index >= 15 is 0 Å². The second kappa shape index (κ2) is 4.54. The summed E-state index contributed by atoms with van der Waals surface area (Å²) in [5.74, 6) is 0.740. The monoisotopic (exact) mass is 169 g/mol. The van der Waals surface area contributed by atoms with Crippen molar-refractivity contribution >= 4 is 0 Å². The fourth-order valence-electron chi connectivity index (χ4n) is 0.707. The molecule has 0 aromatic heterocycles. The molecule has 1 unspecified atom stereocenters. The molecule has 0 aliphatic carbocycles. The molecule has 0 spiro atoms. The molecule has 0 heterocycles. The zero-order valence-electron chi connectivity index (χ0n) is 9.20. The predicted octanol–water partition coefficient (Wildman–Crippen LogP) is 3.18. The van der Waals surface area contributed by atoms with Crippen LogP contribution in [0.5, 0.6) is 0 Å². The Labute approximate surface area is 77.2 Å². The Balaban J connectivity index is 3.73. The van der Waals surface area contributed by atoms with Gasteiger partial charge in [-0.1, -0.05) is 47.6 Å². The second-order valence-corrected chi connectivity index (χ2v) is 4.62. The van der Waals surface area contributed by atoms with Crippen molar-refractivity contribution in [3.8, 4) is 0 Å². The van der Waals surface area contributed by atoms with Crippen LogP contribution < -0.4 is 5.32 Å². The Morgan fingerprint density at radius 2 is 1.92 bits per heavy atom. The molecule has 0 fully saturated rings. The average Bonchev–Trinajstić information content (AvgIpc) is 1.97. The minimum atomic E-state index is 0.188. The van der Waals surface area contributed by atoms with Gasteiger partial charge in [0, 0.05) is 17.7 Å². The van der Waals surface area contributed by atoms with Crippen molar-refractivity contribution in [1.82, 2.24) is 5.32 Å². The molecule has 0 saturated carbocycles. The number of hydrogen-bond donors (Lipinski definition) is 1. The van der Waals surface area contributed by atoms with Crippen LogP contribution in [-0.4, -0.2) is 6.54 Å². The lowest BCUT2D eigenvalue weighted by Gasteiger charge is -2.24. The molecule has 1 N–H and O–H groups in total. The Morgan fingerprint density at radius 3 is 2.25 bits per heavy atom. The normalized spacial score (nSPS) is 14.1. The van der Waals surface area contributed by atoms with Crippen molar-refractivity contribution in [1.29, 1.82) is 0 Å². The molecule has 0 aromatic carbocycles.